The third-order valence-corrected chi connectivity index (χ3v) is 16.1. The molecular weight excluding hydrogens is 877 g/mol. The molecule has 0 amide bonds. The van der Waals surface area contributed by atoms with Gasteiger partial charge in [0, 0.05) is 50.5 Å². The summed E-state index contributed by atoms with van der Waals surface area (Å²) >= 11 is 0. The van der Waals surface area contributed by atoms with Gasteiger partial charge in [-0.3, -0.25) is 4.79 Å². The van der Waals surface area contributed by atoms with Crippen LogP contribution in [0.3, 0.4) is 0 Å². The van der Waals surface area contributed by atoms with E-state index in [9.17, 15) is 19.5 Å². The lowest BCUT2D eigenvalue weighted by molar-refractivity contribution is -0.147. The van der Waals surface area contributed by atoms with E-state index in [1.54, 1.807) is 0 Å². The zero-order valence-electron chi connectivity index (χ0n) is 44.6. The predicted molar refractivity (Wildman–Crippen MR) is 294 cm³/mol. The number of nitrogens with zero attached hydrogens (tertiary/aromatic N) is 2. The molecule has 7 rings (SSSR count). The van der Waals surface area contributed by atoms with Crippen molar-refractivity contribution in [3.63, 3.8) is 0 Å². The first kappa shape index (κ1) is 53.0. The summed E-state index contributed by atoms with van der Waals surface area (Å²) in [5.74, 6) is 2.94. The number of carbonyl (C=O) groups is 1. The Kier molecular flexibility index (Phi) is 17.6. The van der Waals surface area contributed by atoms with Crippen molar-refractivity contribution < 1.29 is 19.5 Å². The minimum atomic E-state index is -1.34. The molecule has 3 N–H and O–H groups in total. The predicted octanol–water partition coefficient (Wildman–Crippen LogP) is 13.3. The van der Waals surface area contributed by atoms with Crippen LogP contribution in [0.5, 0.6) is 0 Å². The van der Waals surface area contributed by atoms with E-state index in [1.165, 1.54) is 5.56 Å². The van der Waals surface area contributed by atoms with Crippen molar-refractivity contribution in [2.45, 2.75) is 191 Å². The first-order chi connectivity index (χ1) is 34.4. The number of fused-ring (bicyclic) bond motifs is 6. The van der Waals surface area contributed by atoms with Gasteiger partial charge in [0.2, 0.25) is 0 Å². The SMILES string of the molecule is CCCCC1=CC(=C=O)C(/C2=C3N=C(/C=c4\[nH]/c(c(C)c4CCCC)=C(/C4C=CC(CCCC)=CC4=C=O)C4=N/C(=C\C5NC2=C(C)C5(CCCC)C(=O)O)C(CCCC)=C4C)C(CCCC)=C/3C)C=C1. The second-order valence-corrected chi connectivity index (χ2v) is 20.8. The lowest BCUT2D eigenvalue weighted by Crippen LogP contribution is -2.44. The third-order valence-electron chi connectivity index (χ3n) is 16.1. The number of rotatable bonds is 21. The Hall–Kier alpha value is -5.81. The maximum absolute atomic E-state index is 14.5. The molecular formula is C63H80N4O4. The number of H-pyrrole nitrogens is 1. The standard InChI is InChI=1S/C63H80N4O4/c1-11-17-23-43-28-30-50(45(33-43)37-68)56-58-39(7)47(25-19-13-3)52(64-58)35-53-48(26-20-14-4)40(8)60(65-53)57(51-31-29-44(24-18-12-2)34-46(51)38-69)61-42(10)63(62(70)71,32-22-16-6)55(67-61)36-54-49(27-21-15-5)41(9)59(56)66-54/h28-31,33-36,50-51,55,64,67H,11-27,32H2,1-10H3,(H,70,71)/b52-35-,54-36-,58-56-,60-57-. The van der Waals surface area contributed by atoms with Crippen LogP contribution in [0.1, 0.15) is 183 Å². The molecule has 6 aliphatic rings. The van der Waals surface area contributed by atoms with Gasteiger partial charge in [-0.25, -0.2) is 19.6 Å². The molecule has 1 aromatic heterocycles. The maximum atomic E-state index is 14.5. The van der Waals surface area contributed by atoms with Crippen LogP contribution >= 0.6 is 0 Å². The second kappa shape index (κ2) is 23.6. The number of nitrogens with one attached hydrogen (secondary N) is 2. The van der Waals surface area contributed by atoms with Crippen molar-refractivity contribution in [3.8, 4) is 0 Å². The summed E-state index contributed by atoms with van der Waals surface area (Å²) in [7, 11) is 0. The number of aromatic amines is 1. The summed E-state index contributed by atoms with van der Waals surface area (Å²) in [6.45, 7) is 21.6. The van der Waals surface area contributed by atoms with Crippen LogP contribution in [-0.2, 0) is 20.8 Å². The summed E-state index contributed by atoms with van der Waals surface area (Å²) in [6.07, 6.45) is 33.2. The molecule has 0 saturated heterocycles. The third kappa shape index (κ3) is 10.3. The highest BCUT2D eigenvalue weighted by Gasteiger charge is 2.53. The van der Waals surface area contributed by atoms with Gasteiger partial charge in [-0.2, -0.15) is 0 Å². The first-order valence-electron chi connectivity index (χ1n) is 27.3. The molecule has 8 heteroatoms. The highest BCUT2D eigenvalue weighted by molar-refractivity contribution is 6.31. The number of aromatic nitrogens is 1. The Labute approximate surface area is 424 Å². The average molecular weight is 957 g/mol. The molecule has 4 aliphatic heterocycles. The number of hydrogen-bond donors (Lipinski definition) is 3. The Morgan fingerprint density at radius 1 is 0.676 bits per heavy atom. The molecule has 0 aromatic carbocycles. The van der Waals surface area contributed by atoms with Crippen LogP contribution in [0.2, 0.25) is 0 Å². The number of aliphatic imine (C=N–C) groups is 2. The number of allylic oxidation sites excluding steroid dienone is 15. The average Bonchev–Trinajstić information content (AvgIpc) is 4.04. The van der Waals surface area contributed by atoms with Crippen LogP contribution in [0.15, 0.2) is 125 Å². The monoisotopic (exact) mass is 957 g/mol. The Bertz CT molecular complexity index is 2890. The smallest absolute Gasteiger partial charge is 0.316 e. The van der Waals surface area contributed by atoms with Crippen LogP contribution < -0.4 is 16.0 Å². The van der Waals surface area contributed by atoms with Crippen molar-refractivity contribution in [2.24, 2.45) is 27.2 Å². The summed E-state index contributed by atoms with van der Waals surface area (Å²) in [6, 6.07) is -0.688. The van der Waals surface area contributed by atoms with Crippen molar-refractivity contribution in [1.82, 2.24) is 10.3 Å². The minimum absolute atomic E-state index is 0.410. The van der Waals surface area contributed by atoms with Gasteiger partial charge in [0.15, 0.2) is 0 Å². The van der Waals surface area contributed by atoms with E-state index in [0.29, 0.717) is 24.0 Å². The summed E-state index contributed by atoms with van der Waals surface area (Å²) in [4.78, 5) is 56.4. The Morgan fingerprint density at radius 3 is 1.79 bits per heavy atom. The van der Waals surface area contributed by atoms with Gasteiger partial charge < -0.3 is 15.4 Å². The largest absolute Gasteiger partial charge is 0.481 e. The Balaban J connectivity index is 1.67. The van der Waals surface area contributed by atoms with E-state index < -0.39 is 29.3 Å². The topological polar surface area (TPSA) is 124 Å². The molecule has 8 bridgehead atoms. The summed E-state index contributed by atoms with van der Waals surface area (Å²) in [5, 5.41) is 17.7. The number of aliphatic carboxylic acids is 1. The molecule has 71 heavy (non-hydrogen) atoms. The molecule has 0 fully saturated rings. The first-order valence-corrected chi connectivity index (χ1v) is 27.3. The number of carbonyl (C=O) groups excluding carboxylic acids is 2. The van der Waals surface area contributed by atoms with Gasteiger partial charge in [0.25, 0.3) is 0 Å². The number of unbranched alkanes of at least 4 members (excludes halogenated alkanes) is 6. The van der Waals surface area contributed by atoms with Gasteiger partial charge in [0.05, 0.1) is 28.9 Å². The highest BCUT2D eigenvalue weighted by Crippen LogP contribution is 2.51. The van der Waals surface area contributed by atoms with E-state index in [0.717, 1.165) is 198 Å². The fourth-order valence-corrected chi connectivity index (χ4v) is 11.8. The molecule has 0 spiro atoms. The van der Waals surface area contributed by atoms with E-state index in [2.05, 4.69) is 121 Å². The van der Waals surface area contributed by atoms with Gasteiger partial charge in [0.1, 0.15) is 17.3 Å². The zero-order valence-corrected chi connectivity index (χ0v) is 44.6. The lowest BCUT2D eigenvalue weighted by atomic mass is 9.71. The van der Waals surface area contributed by atoms with Gasteiger partial charge in [-0.05, 0) is 173 Å². The molecule has 8 nitrogen and oxygen atoms in total. The van der Waals surface area contributed by atoms with Crippen molar-refractivity contribution in [3.05, 3.63) is 137 Å². The van der Waals surface area contributed by atoms with E-state index >= 15 is 0 Å². The van der Waals surface area contributed by atoms with Crippen LogP contribution in [0, 0.1) is 24.2 Å². The van der Waals surface area contributed by atoms with Crippen molar-refractivity contribution in [1.29, 1.82) is 0 Å². The van der Waals surface area contributed by atoms with E-state index in [4.69, 9.17) is 9.98 Å². The van der Waals surface area contributed by atoms with Crippen LogP contribution in [0.4, 0.5) is 0 Å². The molecule has 376 valence electrons. The lowest BCUT2D eigenvalue weighted by Gasteiger charge is -2.31. The molecule has 4 unspecified atom stereocenters. The number of carboxylic acids is 1. The zero-order chi connectivity index (χ0) is 51.0. The van der Waals surface area contributed by atoms with Crippen LogP contribution in [-0.4, -0.2) is 45.4 Å². The molecule has 4 atom stereocenters. The fraction of sp³-hybridized carbons (Fsp3) is 0.508. The molecule has 0 saturated carbocycles. The molecule has 0 radical (unpaired) electrons. The number of carboxylic acid groups (broad SMARTS) is 1. The maximum Gasteiger partial charge on any atom is 0.316 e. The molecule has 1 aromatic rings. The van der Waals surface area contributed by atoms with E-state index in [-0.39, 0.29) is 0 Å². The van der Waals surface area contributed by atoms with Gasteiger partial charge >= 0.3 is 5.97 Å². The van der Waals surface area contributed by atoms with Crippen molar-refractivity contribution >= 4 is 40.9 Å². The molecule has 5 heterocycles. The van der Waals surface area contributed by atoms with Gasteiger partial charge in [-0.1, -0.05) is 111 Å². The number of hydrogen-bond acceptors (Lipinski definition) is 6. The quantitative estimate of drug-likeness (QED) is 0.106. The van der Waals surface area contributed by atoms with Gasteiger partial charge in [-0.15, -0.1) is 0 Å². The van der Waals surface area contributed by atoms with Crippen LogP contribution in [0.25, 0.3) is 11.6 Å². The summed E-state index contributed by atoms with van der Waals surface area (Å²) in [5.41, 5.74) is 15.1. The Morgan fingerprint density at radius 2 is 1.23 bits per heavy atom. The minimum Gasteiger partial charge on any atom is -0.481 e. The summed E-state index contributed by atoms with van der Waals surface area (Å²) < 4.78 is 0. The highest BCUT2D eigenvalue weighted by atomic mass is 16.4. The normalized spacial score (nSPS) is 25.9. The molecule has 2 aliphatic carbocycles. The van der Waals surface area contributed by atoms with E-state index in [1.807, 2.05) is 19.1 Å². The second-order valence-electron chi connectivity index (χ2n) is 20.8. The van der Waals surface area contributed by atoms with Crippen molar-refractivity contribution in [2.75, 3.05) is 0 Å². The fourth-order valence-electron chi connectivity index (χ4n) is 11.8.